The van der Waals surface area contributed by atoms with Gasteiger partial charge in [-0.3, -0.25) is 9.59 Å². The van der Waals surface area contributed by atoms with Gasteiger partial charge >= 0.3 is 5.97 Å². The van der Waals surface area contributed by atoms with Crippen molar-refractivity contribution in [1.82, 2.24) is 5.32 Å². The number of ether oxygens (including phenoxy) is 1. The topological polar surface area (TPSA) is 57.5 Å². The van der Waals surface area contributed by atoms with Gasteiger partial charge in [0.05, 0.1) is 6.54 Å². The normalized spacial score (nSPS) is 8.60. The second-order valence-electron chi connectivity index (χ2n) is 1.74. The lowest BCUT2D eigenvalue weighted by Gasteiger charge is -1.98. The Labute approximate surface area is 59.6 Å². The lowest BCUT2D eigenvalue weighted by Crippen LogP contribution is -2.18. The van der Waals surface area contributed by atoms with Gasteiger partial charge in [0.25, 0.3) is 0 Å². The summed E-state index contributed by atoms with van der Waals surface area (Å²) in [7, 11) is 0. The van der Waals surface area contributed by atoms with E-state index in [1.165, 1.54) is 13.8 Å². The molecule has 57 valence electrons. The van der Waals surface area contributed by atoms with Crippen LogP contribution in [0, 0.1) is 0 Å². The van der Waals surface area contributed by atoms with Crippen molar-refractivity contribution in [2.24, 2.45) is 0 Å². The monoisotopic (exact) mass is 144 g/mol. The predicted molar refractivity (Wildman–Crippen MR) is 34.3 cm³/mol. The molecule has 4 heteroatoms. The van der Waals surface area contributed by atoms with Gasteiger partial charge in [0.1, 0.15) is 6.61 Å². The van der Waals surface area contributed by atoms with Crippen molar-refractivity contribution < 1.29 is 14.3 Å². The van der Waals surface area contributed by atoms with Crippen LogP contribution in [0.3, 0.4) is 0 Å². The van der Waals surface area contributed by atoms with Gasteiger partial charge in [-0.05, 0) is 0 Å². The van der Waals surface area contributed by atoms with Crippen LogP contribution in [0.25, 0.3) is 0 Å². The molecule has 0 heterocycles. The Bertz CT molecular complexity index is 117. The van der Waals surface area contributed by atoms with Gasteiger partial charge in [0.2, 0.25) is 5.91 Å². The first kappa shape index (κ1) is 8.94. The molecule has 0 bridgehead atoms. The zero-order chi connectivity index (χ0) is 7.98. The molecule has 0 rings (SSSR count). The van der Waals surface area contributed by atoms with E-state index < -0.39 is 0 Å². The van der Waals surface area contributed by atoms with E-state index in [4.69, 9.17) is 0 Å². The van der Waals surface area contributed by atoms with Gasteiger partial charge in [-0.2, -0.15) is 0 Å². The summed E-state index contributed by atoms with van der Waals surface area (Å²) in [4.78, 5) is 20.3. The van der Waals surface area contributed by atoms with Gasteiger partial charge < -0.3 is 4.74 Å². The number of carbonyl (C=O) groups excluding carboxylic acids is 2. The predicted octanol–water partition coefficient (Wildman–Crippen LogP) is -0.300. The first-order valence-corrected chi connectivity index (χ1v) is 2.94. The highest BCUT2D eigenvalue weighted by atomic mass is 16.5. The van der Waals surface area contributed by atoms with Gasteiger partial charge in [-0.15, -0.1) is 0 Å². The van der Waals surface area contributed by atoms with Gasteiger partial charge in [0, 0.05) is 13.8 Å². The number of rotatable bonds is 3. The number of nitrogens with zero attached hydrogens (tertiary/aromatic N) is 1. The van der Waals surface area contributed by atoms with Crippen LogP contribution in [0.1, 0.15) is 13.8 Å². The zero-order valence-corrected chi connectivity index (χ0v) is 6.09. The van der Waals surface area contributed by atoms with Gasteiger partial charge in [-0.1, -0.05) is 0 Å². The largest absolute Gasteiger partial charge is 0.464 e. The highest BCUT2D eigenvalue weighted by Crippen LogP contribution is 1.74. The lowest BCUT2D eigenvalue weighted by molar-refractivity contribution is -0.141. The maximum absolute atomic E-state index is 10.2. The Morgan fingerprint density at radius 1 is 1.40 bits per heavy atom. The number of hydrogen-bond acceptors (Lipinski definition) is 3. The Morgan fingerprint density at radius 3 is 2.40 bits per heavy atom. The molecular formula is C6H10NO3. The molecule has 0 N–H and O–H groups in total. The molecule has 1 amide bonds. The minimum atomic E-state index is -0.348. The summed E-state index contributed by atoms with van der Waals surface area (Å²) in [5, 5.41) is 3.48. The molecule has 0 fully saturated rings. The lowest BCUT2D eigenvalue weighted by atomic mass is 10.6. The zero-order valence-electron chi connectivity index (χ0n) is 6.09. The van der Waals surface area contributed by atoms with Crippen LogP contribution in [0.4, 0.5) is 0 Å². The minimum Gasteiger partial charge on any atom is -0.464 e. The van der Waals surface area contributed by atoms with E-state index in [0.29, 0.717) is 0 Å². The van der Waals surface area contributed by atoms with E-state index in [-0.39, 0.29) is 25.0 Å². The first-order chi connectivity index (χ1) is 4.63. The smallest absolute Gasteiger partial charge is 0.302 e. The molecule has 0 aliphatic rings. The van der Waals surface area contributed by atoms with Crippen LogP contribution in [-0.4, -0.2) is 25.0 Å². The minimum absolute atomic E-state index is 0.189. The van der Waals surface area contributed by atoms with Crippen molar-refractivity contribution in [2.75, 3.05) is 13.2 Å². The van der Waals surface area contributed by atoms with Crippen molar-refractivity contribution in [1.29, 1.82) is 0 Å². The first-order valence-electron chi connectivity index (χ1n) is 2.94. The highest BCUT2D eigenvalue weighted by Gasteiger charge is 1.94. The fraction of sp³-hybridized carbons (Fsp3) is 0.667. The van der Waals surface area contributed by atoms with Crippen LogP contribution >= 0.6 is 0 Å². The summed E-state index contributed by atoms with van der Waals surface area (Å²) in [6, 6.07) is 0. The molecular weight excluding hydrogens is 134 g/mol. The Hall–Kier alpha value is -1.06. The van der Waals surface area contributed by atoms with Crippen molar-refractivity contribution in [3.05, 3.63) is 0 Å². The summed E-state index contributed by atoms with van der Waals surface area (Å²) in [6.07, 6.45) is 0. The third kappa shape index (κ3) is 6.94. The average molecular weight is 144 g/mol. The third-order valence-corrected chi connectivity index (χ3v) is 0.731. The van der Waals surface area contributed by atoms with E-state index in [1.54, 1.807) is 0 Å². The number of esters is 1. The van der Waals surface area contributed by atoms with E-state index >= 15 is 0 Å². The Kier molecular flexibility index (Phi) is 4.28. The fourth-order valence-electron chi connectivity index (χ4n) is 0.392. The third-order valence-electron chi connectivity index (χ3n) is 0.731. The maximum Gasteiger partial charge on any atom is 0.302 e. The van der Waals surface area contributed by atoms with Crippen LogP contribution in [0.2, 0.25) is 0 Å². The molecule has 0 unspecified atom stereocenters. The summed E-state index contributed by atoms with van der Waals surface area (Å²) < 4.78 is 4.51. The molecule has 0 saturated carbocycles. The van der Waals surface area contributed by atoms with E-state index in [1.807, 2.05) is 0 Å². The van der Waals surface area contributed by atoms with E-state index in [2.05, 4.69) is 10.1 Å². The molecule has 0 aromatic rings. The van der Waals surface area contributed by atoms with Crippen molar-refractivity contribution in [3.8, 4) is 0 Å². The number of hydrogen-bond donors (Lipinski definition) is 0. The van der Waals surface area contributed by atoms with Crippen molar-refractivity contribution in [3.63, 3.8) is 0 Å². The van der Waals surface area contributed by atoms with Crippen molar-refractivity contribution >= 4 is 11.9 Å². The Balaban J connectivity index is 3.06. The van der Waals surface area contributed by atoms with Crippen LogP contribution in [-0.2, 0) is 14.3 Å². The second-order valence-corrected chi connectivity index (χ2v) is 1.74. The van der Waals surface area contributed by atoms with Crippen LogP contribution in [0.15, 0.2) is 0 Å². The molecule has 0 spiro atoms. The van der Waals surface area contributed by atoms with Gasteiger partial charge in [0.15, 0.2) is 0 Å². The number of amides is 1. The summed E-state index contributed by atoms with van der Waals surface area (Å²) in [6.45, 7) is 3.12. The molecule has 4 nitrogen and oxygen atoms in total. The molecule has 0 aromatic carbocycles. The molecule has 0 aliphatic heterocycles. The average Bonchev–Trinajstić information content (AvgIpc) is 1.79. The Morgan fingerprint density at radius 2 is 2.00 bits per heavy atom. The highest BCUT2D eigenvalue weighted by molar-refractivity contribution is 5.72. The summed E-state index contributed by atoms with van der Waals surface area (Å²) in [5.41, 5.74) is 0. The molecule has 0 atom stereocenters. The standard InChI is InChI=1S/C6H10NO3/c1-5(8)7-3-4-10-6(2)9/h3-4H2,1-2H3. The SMILES string of the molecule is CC(=O)[N]CCOC(C)=O. The van der Waals surface area contributed by atoms with Crippen LogP contribution in [0.5, 0.6) is 0 Å². The van der Waals surface area contributed by atoms with Crippen LogP contribution < -0.4 is 5.32 Å². The summed E-state index contributed by atoms with van der Waals surface area (Å²) >= 11 is 0. The van der Waals surface area contributed by atoms with Gasteiger partial charge in [-0.25, -0.2) is 5.32 Å². The molecule has 1 radical (unpaired) electrons. The fourth-order valence-corrected chi connectivity index (χ4v) is 0.392. The van der Waals surface area contributed by atoms with E-state index in [0.717, 1.165) is 0 Å². The molecule has 10 heavy (non-hydrogen) atoms. The van der Waals surface area contributed by atoms with E-state index in [9.17, 15) is 9.59 Å². The summed E-state index contributed by atoms with van der Waals surface area (Å²) in [5.74, 6) is -0.592. The molecule has 0 aliphatic carbocycles. The van der Waals surface area contributed by atoms with Crippen molar-refractivity contribution in [2.45, 2.75) is 13.8 Å². The second kappa shape index (κ2) is 4.78. The molecule has 0 saturated heterocycles. The molecule has 0 aromatic heterocycles. The number of carbonyl (C=O) groups is 2. The quantitative estimate of drug-likeness (QED) is 0.403. The maximum atomic E-state index is 10.2.